The fourth-order valence-corrected chi connectivity index (χ4v) is 1.46. The first-order chi connectivity index (χ1) is 8.54. The van der Waals surface area contributed by atoms with Crippen molar-refractivity contribution >= 4 is 17.5 Å². The summed E-state index contributed by atoms with van der Waals surface area (Å²) in [6, 6.07) is 7.83. The van der Waals surface area contributed by atoms with E-state index in [-0.39, 0.29) is 11.4 Å². The summed E-state index contributed by atoms with van der Waals surface area (Å²) in [4.78, 5) is 24.4. The Morgan fingerprint density at radius 3 is 2.72 bits per heavy atom. The van der Waals surface area contributed by atoms with Gasteiger partial charge in [-0.2, -0.15) is 0 Å². The van der Waals surface area contributed by atoms with Gasteiger partial charge >= 0.3 is 5.97 Å². The smallest absolute Gasteiger partial charge is 0.336 e. The van der Waals surface area contributed by atoms with Gasteiger partial charge in [0, 0.05) is 11.8 Å². The number of carboxylic acid groups (broad SMARTS) is 1. The number of hydrogen-bond donors (Lipinski definition) is 3. The summed E-state index contributed by atoms with van der Waals surface area (Å²) in [5, 5.41) is 11.5. The van der Waals surface area contributed by atoms with Crippen LogP contribution in [0.5, 0.6) is 0 Å². The molecule has 0 radical (unpaired) electrons. The average molecular weight is 248 g/mol. The summed E-state index contributed by atoms with van der Waals surface area (Å²) in [5.41, 5.74) is -0.278. The second kappa shape index (κ2) is 4.70. The Morgan fingerprint density at radius 2 is 2.06 bits per heavy atom. The fourth-order valence-electron chi connectivity index (χ4n) is 1.46. The van der Waals surface area contributed by atoms with Gasteiger partial charge in [-0.1, -0.05) is 6.07 Å². The highest BCUT2D eigenvalue weighted by Crippen LogP contribution is 2.15. The van der Waals surface area contributed by atoms with E-state index in [1.807, 2.05) is 0 Å². The Hall–Kier alpha value is -2.63. The molecule has 1 heterocycles. The molecule has 1 aromatic carbocycles. The maximum Gasteiger partial charge on any atom is 0.336 e. The molecule has 18 heavy (non-hydrogen) atoms. The quantitative estimate of drug-likeness (QED) is 0.775. The molecule has 0 saturated heterocycles. The van der Waals surface area contributed by atoms with Crippen LogP contribution < -0.4 is 10.9 Å². The second-order valence-electron chi connectivity index (χ2n) is 3.59. The topological polar surface area (TPSA) is 82.2 Å². The summed E-state index contributed by atoms with van der Waals surface area (Å²) < 4.78 is 13.0. The molecule has 3 N–H and O–H groups in total. The van der Waals surface area contributed by atoms with E-state index < -0.39 is 17.3 Å². The van der Waals surface area contributed by atoms with E-state index in [0.29, 0.717) is 5.69 Å². The minimum absolute atomic E-state index is 0.141. The number of carbonyl (C=O) groups is 1. The van der Waals surface area contributed by atoms with E-state index in [0.717, 1.165) is 6.07 Å². The van der Waals surface area contributed by atoms with E-state index >= 15 is 0 Å². The third-order valence-electron chi connectivity index (χ3n) is 2.19. The van der Waals surface area contributed by atoms with Crippen molar-refractivity contribution in [1.82, 2.24) is 4.98 Å². The zero-order valence-corrected chi connectivity index (χ0v) is 9.11. The SMILES string of the molecule is O=C(O)c1cc(Nc2cccc(F)c2)[nH]c(=O)c1. The molecule has 0 unspecified atom stereocenters. The molecule has 0 aliphatic heterocycles. The number of rotatable bonds is 3. The Bertz CT molecular complexity index is 652. The molecule has 0 amide bonds. The Kier molecular flexibility index (Phi) is 3.09. The Balaban J connectivity index is 2.34. The van der Waals surface area contributed by atoms with E-state index in [4.69, 9.17) is 5.11 Å². The lowest BCUT2D eigenvalue weighted by molar-refractivity contribution is 0.0696. The maximum absolute atomic E-state index is 13.0. The molecule has 92 valence electrons. The number of aromatic carboxylic acids is 1. The van der Waals surface area contributed by atoms with Gasteiger partial charge in [-0.15, -0.1) is 0 Å². The molecule has 0 aliphatic rings. The van der Waals surface area contributed by atoms with Crippen molar-refractivity contribution in [3.05, 3.63) is 58.1 Å². The van der Waals surface area contributed by atoms with Crippen molar-refractivity contribution < 1.29 is 14.3 Å². The highest BCUT2D eigenvalue weighted by molar-refractivity contribution is 5.88. The minimum atomic E-state index is -1.21. The molecule has 2 aromatic rings. The molecule has 0 atom stereocenters. The first-order valence-corrected chi connectivity index (χ1v) is 5.05. The highest BCUT2D eigenvalue weighted by Gasteiger charge is 2.06. The largest absolute Gasteiger partial charge is 0.478 e. The third kappa shape index (κ3) is 2.73. The molecular weight excluding hydrogens is 239 g/mol. The standard InChI is InChI=1S/C12H9FN2O3/c13-8-2-1-3-9(6-8)14-10-4-7(12(17)18)5-11(16)15-10/h1-6H,(H,17,18)(H2,14,15,16). The van der Waals surface area contributed by atoms with Crippen LogP contribution >= 0.6 is 0 Å². The van der Waals surface area contributed by atoms with Crippen LogP contribution in [0, 0.1) is 5.82 Å². The van der Waals surface area contributed by atoms with Crippen LogP contribution in [0.2, 0.25) is 0 Å². The summed E-state index contributed by atoms with van der Waals surface area (Å²) in [5.74, 6) is -1.45. The molecule has 1 aromatic heterocycles. The van der Waals surface area contributed by atoms with Crippen molar-refractivity contribution in [2.24, 2.45) is 0 Å². The zero-order valence-electron chi connectivity index (χ0n) is 9.11. The average Bonchev–Trinajstić information content (AvgIpc) is 2.28. The predicted octanol–water partition coefficient (Wildman–Crippen LogP) is 1.96. The van der Waals surface area contributed by atoms with Crippen LogP contribution in [0.3, 0.4) is 0 Å². The lowest BCUT2D eigenvalue weighted by Crippen LogP contribution is -2.11. The van der Waals surface area contributed by atoms with Crippen molar-refractivity contribution in [1.29, 1.82) is 0 Å². The number of anilines is 2. The van der Waals surface area contributed by atoms with Gasteiger partial charge < -0.3 is 15.4 Å². The molecule has 6 heteroatoms. The van der Waals surface area contributed by atoms with Crippen molar-refractivity contribution in [3.63, 3.8) is 0 Å². The van der Waals surface area contributed by atoms with Gasteiger partial charge in [0.1, 0.15) is 11.6 Å². The number of aromatic nitrogens is 1. The number of H-pyrrole nitrogens is 1. The molecule has 0 fully saturated rings. The van der Waals surface area contributed by atoms with Crippen molar-refractivity contribution in [3.8, 4) is 0 Å². The zero-order chi connectivity index (χ0) is 13.1. The van der Waals surface area contributed by atoms with Crippen LogP contribution in [-0.4, -0.2) is 16.1 Å². The lowest BCUT2D eigenvalue weighted by atomic mass is 10.2. The van der Waals surface area contributed by atoms with Gasteiger partial charge in [0.15, 0.2) is 0 Å². The first kappa shape index (κ1) is 11.8. The fraction of sp³-hybridized carbons (Fsp3) is 0. The normalized spacial score (nSPS) is 10.1. The van der Waals surface area contributed by atoms with Crippen LogP contribution in [-0.2, 0) is 0 Å². The highest BCUT2D eigenvalue weighted by atomic mass is 19.1. The molecule has 0 spiro atoms. The summed E-state index contributed by atoms with van der Waals surface area (Å²) in [6.45, 7) is 0. The molecule has 0 aliphatic carbocycles. The van der Waals surface area contributed by atoms with E-state index in [1.165, 1.54) is 24.3 Å². The van der Waals surface area contributed by atoms with Crippen LogP contribution in [0.25, 0.3) is 0 Å². The summed E-state index contributed by atoms with van der Waals surface area (Å²) in [6.07, 6.45) is 0. The molecule has 0 bridgehead atoms. The van der Waals surface area contributed by atoms with Gasteiger partial charge in [0.25, 0.3) is 0 Å². The number of benzene rings is 1. The van der Waals surface area contributed by atoms with Gasteiger partial charge in [-0.3, -0.25) is 4.79 Å². The number of aromatic amines is 1. The summed E-state index contributed by atoms with van der Waals surface area (Å²) in [7, 11) is 0. The van der Waals surface area contributed by atoms with Crippen LogP contribution in [0.1, 0.15) is 10.4 Å². The number of hydrogen-bond acceptors (Lipinski definition) is 3. The number of halogens is 1. The van der Waals surface area contributed by atoms with Gasteiger partial charge in [0.2, 0.25) is 5.56 Å². The van der Waals surface area contributed by atoms with E-state index in [9.17, 15) is 14.0 Å². The minimum Gasteiger partial charge on any atom is -0.478 e. The van der Waals surface area contributed by atoms with Crippen molar-refractivity contribution in [2.75, 3.05) is 5.32 Å². The monoisotopic (exact) mass is 248 g/mol. The number of pyridine rings is 1. The Labute approximate surface area is 101 Å². The van der Waals surface area contributed by atoms with Crippen LogP contribution in [0.4, 0.5) is 15.9 Å². The summed E-state index contributed by atoms with van der Waals surface area (Å²) >= 11 is 0. The molecular formula is C12H9FN2O3. The lowest BCUT2D eigenvalue weighted by Gasteiger charge is -2.06. The van der Waals surface area contributed by atoms with Gasteiger partial charge in [-0.25, -0.2) is 9.18 Å². The van der Waals surface area contributed by atoms with Crippen LogP contribution in [0.15, 0.2) is 41.2 Å². The maximum atomic E-state index is 13.0. The van der Waals surface area contributed by atoms with E-state index in [1.54, 1.807) is 6.07 Å². The predicted molar refractivity (Wildman–Crippen MR) is 63.7 cm³/mol. The number of carboxylic acids is 1. The molecule has 5 nitrogen and oxygen atoms in total. The molecule has 0 saturated carbocycles. The third-order valence-corrected chi connectivity index (χ3v) is 2.19. The van der Waals surface area contributed by atoms with E-state index in [2.05, 4.69) is 10.3 Å². The number of nitrogens with one attached hydrogen (secondary N) is 2. The second-order valence-corrected chi connectivity index (χ2v) is 3.59. The van der Waals surface area contributed by atoms with Gasteiger partial charge in [0.05, 0.1) is 5.56 Å². The Morgan fingerprint density at radius 1 is 1.28 bits per heavy atom. The van der Waals surface area contributed by atoms with Gasteiger partial charge in [-0.05, 0) is 24.3 Å². The van der Waals surface area contributed by atoms with Crippen molar-refractivity contribution in [2.45, 2.75) is 0 Å². The first-order valence-electron chi connectivity index (χ1n) is 5.05. The molecule has 2 rings (SSSR count).